The number of nitrogens with one attached hydrogen (secondary N) is 1. The van der Waals surface area contributed by atoms with E-state index in [9.17, 15) is 9.90 Å². The number of amides is 1. The van der Waals surface area contributed by atoms with Crippen LogP contribution in [-0.4, -0.2) is 29.8 Å². The Kier molecular flexibility index (Phi) is 3.03. The molecule has 3 aliphatic rings. The van der Waals surface area contributed by atoms with Crippen LogP contribution < -0.4 is 5.32 Å². The van der Waals surface area contributed by atoms with Crippen LogP contribution in [-0.2, 0) is 9.53 Å². The van der Waals surface area contributed by atoms with Crippen molar-refractivity contribution in [3.63, 3.8) is 0 Å². The molecule has 1 fully saturated rings. The van der Waals surface area contributed by atoms with Crippen molar-refractivity contribution >= 4 is 5.91 Å². The minimum Gasteiger partial charge on any atom is -0.495 e. The third-order valence-corrected chi connectivity index (χ3v) is 3.75. The summed E-state index contributed by atoms with van der Waals surface area (Å²) in [5, 5.41) is 13.2. The van der Waals surface area contributed by atoms with Gasteiger partial charge >= 0.3 is 0 Å². The Hall–Kier alpha value is -1.81. The van der Waals surface area contributed by atoms with Gasteiger partial charge in [0.1, 0.15) is 12.4 Å². The van der Waals surface area contributed by atoms with Crippen LogP contribution >= 0.6 is 0 Å². The Labute approximate surface area is 112 Å². The highest BCUT2D eigenvalue weighted by atomic mass is 16.5. The smallest absolute Gasteiger partial charge is 0.220 e. The Morgan fingerprint density at radius 1 is 1.53 bits per heavy atom. The van der Waals surface area contributed by atoms with Crippen molar-refractivity contribution in [2.24, 2.45) is 5.92 Å². The topological polar surface area (TPSA) is 58.6 Å². The first kappa shape index (κ1) is 12.2. The van der Waals surface area contributed by atoms with E-state index in [1.165, 1.54) is 0 Å². The number of hydrogen-bond donors (Lipinski definition) is 2. The molecule has 1 amide bonds. The summed E-state index contributed by atoms with van der Waals surface area (Å²) in [4.78, 5) is 11.4. The van der Waals surface area contributed by atoms with Crippen LogP contribution in [0.25, 0.3) is 0 Å². The van der Waals surface area contributed by atoms with E-state index in [-0.39, 0.29) is 17.9 Å². The fourth-order valence-corrected chi connectivity index (χ4v) is 2.63. The van der Waals surface area contributed by atoms with Gasteiger partial charge in [-0.15, -0.1) is 0 Å². The van der Waals surface area contributed by atoms with E-state index in [4.69, 9.17) is 4.74 Å². The zero-order valence-corrected chi connectivity index (χ0v) is 10.8. The molecule has 0 bridgehead atoms. The second kappa shape index (κ2) is 4.70. The highest BCUT2D eigenvalue weighted by Crippen LogP contribution is 2.36. The first-order chi connectivity index (χ1) is 9.19. The zero-order valence-electron chi connectivity index (χ0n) is 10.8. The molecule has 2 aliphatic carbocycles. The van der Waals surface area contributed by atoms with Crippen LogP contribution in [0.1, 0.15) is 13.3 Å². The predicted octanol–water partition coefficient (Wildman–Crippen LogP) is 1.21. The highest BCUT2D eigenvalue weighted by molar-refractivity contribution is 5.76. The fourth-order valence-electron chi connectivity index (χ4n) is 2.63. The molecule has 100 valence electrons. The lowest BCUT2D eigenvalue weighted by molar-refractivity contribution is -0.124. The molecule has 3 unspecified atom stereocenters. The van der Waals surface area contributed by atoms with Crippen LogP contribution in [0.2, 0.25) is 0 Å². The van der Waals surface area contributed by atoms with Crippen LogP contribution in [0.15, 0.2) is 47.3 Å². The molecule has 0 aromatic rings. The van der Waals surface area contributed by atoms with Gasteiger partial charge in [0.05, 0.1) is 18.1 Å². The third kappa shape index (κ3) is 2.12. The lowest BCUT2D eigenvalue weighted by atomic mass is 9.84. The lowest BCUT2D eigenvalue weighted by Gasteiger charge is -2.37. The van der Waals surface area contributed by atoms with Crippen molar-refractivity contribution in [2.45, 2.75) is 25.5 Å². The summed E-state index contributed by atoms with van der Waals surface area (Å²) in [6, 6.07) is -0.345. The van der Waals surface area contributed by atoms with Crippen molar-refractivity contribution in [1.82, 2.24) is 5.32 Å². The molecule has 3 rings (SSSR count). The third-order valence-electron chi connectivity index (χ3n) is 3.75. The second-order valence-corrected chi connectivity index (χ2v) is 5.00. The molecule has 19 heavy (non-hydrogen) atoms. The first-order valence-corrected chi connectivity index (χ1v) is 6.61. The molecule has 4 nitrogen and oxygen atoms in total. The predicted molar refractivity (Wildman–Crippen MR) is 71.1 cm³/mol. The van der Waals surface area contributed by atoms with Crippen molar-refractivity contribution in [2.75, 3.05) is 6.61 Å². The van der Waals surface area contributed by atoms with Gasteiger partial charge in [0.15, 0.2) is 0 Å². The standard InChI is InChI=1S/C15H17NO3/c1-2-14(17)16-12-8-19-13-7-10-5-3-4-9(10)6-11(13)15(12)18/h3-7,11-12,15,18H,2,8H2,1H3,(H,16,17). The first-order valence-electron chi connectivity index (χ1n) is 6.61. The minimum absolute atomic E-state index is 0.0649. The number of rotatable bonds is 2. The molecular weight excluding hydrogens is 242 g/mol. The van der Waals surface area contributed by atoms with Crippen molar-refractivity contribution < 1.29 is 14.6 Å². The second-order valence-electron chi connectivity index (χ2n) is 5.00. The number of fused-ring (bicyclic) bond motifs is 2. The summed E-state index contributed by atoms with van der Waals surface area (Å²) in [6.45, 7) is 2.11. The molecule has 0 aromatic carbocycles. The summed E-state index contributed by atoms with van der Waals surface area (Å²) in [5.41, 5.74) is 2.23. The molecule has 2 N–H and O–H groups in total. The van der Waals surface area contributed by atoms with Gasteiger partial charge in [-0.25, -0.2) is 0 Å². The summed E-state index contributed by atoms with van der Waals surface area (Å²) in [5.74, 6) is 0.545. The molecule has 0 radical (unpaired) electrons. The van der Waals surface area contributed by atoms with E-state index in [1.54, 1.807) is 6.92 Å². The number of carbonyl (C=O) groups excluding carboxylic acids is 1. The molecule has 4 heteroatoms. The van der Waals surface area contributed by atoms with Crippen LogP contribution in [0.5, 0.6) is 0 Å². The van der Waals surface area contributed by atoms with E-state index in [2.05, 4.69) is 5.32 Å². The van der Waals surface area contributed by atoms with Gasteiger partial charge in [0.25, 0.3) is 0 Å². The van der Waals surface area contributed by atoms with Crippen molar-refractivity contribution in [1.29, 1.82) is 0 Å². The van der Waals surface area contributed by atoms with E-state index in [1.807, 2.05) is 30.4 Å². The maximum atomic E-state index is 11.4. The number of aliphatic hydroxyl groups excluding tert-OH is 1. The Morgan fingerprint density at radius 3 is 3.16 bits per heavy atom. The van der Waals surface area contributed by atoms with Crippen molar-refractivity contribution in [3.8, 4) is 0 Å². The van der Waals surface area contributed by atoms with Crippen LogP contribution in [0.4, 0.5) is 0 Å². The Balaban J connectivity index is 1.80. The minimum atomic E-state index is -0.640. The molecule has 0 saturated carbocycles. The number of allylic oxidation sites excluding steroid dienone is 6. The molecule has 1 aliphatic heterocycles. The summed E-state index contributed by atoms with van der Waals surface area (Å²) in [6.07, 6.45) is 9.78. The molecule has 1 saturated heterocycles. The molecule has 0 spiro atoms. The summed E-state index contributed by atoms with van der Waals surface area (Å²) < 4.78 is 5.69. The summed E-state index contributed by atoms with van der Waals surface area (Å²) >= 11 is 0. The van der Waals surface area contributed by atoms with E-state index in [0.717, 1.165) is 16.9 Å². The van der Waals surface area contributed by atoms with Gasteiger partial charge in [-0.05, 0) is 17.2 Å². The number of hydrogen-bond acceptors (Lipinski definition) is 3. The maximum Gasteiger partial charge on any atom is 0.220 e. The fraction of sp³-hybridized carbons (Fsp3) is 0.400. The zero-order chi connectivity index (χ0) is 13.4. The van der Waals surface area contributed by atoms with Crippen molar-refractivity contribution in [3.05, 3.63) is 47.3 Å². The largest absolute Gasteiger partial charge is 0.495 e. The quantitative estimate of drug-likeness (QED) is 0.783. The van der Waals surface area contributed by atoms with Gasteiger partial charge in [0, 0.05) is 6.42 Å². The van der Waals surface area contributed by atoms with Crippen LogP contribution in [0, 0.1) is 5.92 Å². The Morgan fingerprint density at radius 2 is 2.37 bits per heavy atom. The summed E-state index contributed by atoms with van der Waals surface area (Å²) in [7, 11) is 0. The highest BCUT2D eigenvalue weighted by Gasteiger charge is 2.38. The number of carbonyl (C=O) groups is 1. The van der Waals surface area contributed by atoms with Gasteiger partial charge in [0.2, 0.25) is 5.91 Å². The normalized spacial score (nSPS) is 31.5. The monoisotopic (exact) mass is 259 g/mol. The van der Waals surface area contributed by atoms with Gasteiger partial charge in [-0.3, -0.25) is 4.79 Å². The number of aliphatic hydroxyl groups is 1. The SMILES string of the molecule is CCC(=O)NC1COC2=CC3=CC=CC3=CC2C1O. The van der Waals surface area contributed by atoms with Gasteiger partial charge in [-0.2, -0.15) is 0 Å². The average molecular weight is 259 g/mol. The van der Waals surface area contributed by atoms with E-state index >= 15 is 0 Å². The van der Waals surface area contributed by atoms with E-state index in [0.29, 0.717) is 13.0 Å². The van der Waals surface area contributed by atoms with Gasteiger partial charge < -0.3 is 15.2 Å². The molecule has 1 heterocycles. The molecule has 0 aromatic heterocycles. The van der Waals surface area contributed by atoms with Crippen LogP contribution in [0.3, 0.4) is 0 Å². The molecule has 3 atom stereocenters. The Bertz CT molecular complexity index is 528. The number of ether oxygens (including phenoxy) is 1. The molecular formula is C15H17NO3. The maximum absolute atomic E-state index is 11.4. The van der Waals surface area contributed by atoms with E-state index < -0.39 is 6.10 Å². The lowest BCUT2D eigenvalue weighted by Crippen LogP contribution is -2.52. The average Bonchev–Trinajstić information content (AvgIpc) is 2.87. The van der Waals surface area contributed by atoms with Gasteiger partial charge in [-0.1, -0.05) is 31.2 Å².